The van der Waals surface area contributed by atoms with Crippen LogP contribution in [-0.4, -0.2) is 47.4 Å². The van der Waals surface area contributed by atoms with Gasteiger partial charge in [0.25, 0.3) is 0 Å². The predicted octanol–water partition coefficient (Wildman–Crippen LogP) is 4.61. The van der Waals surface area contributed by atoms with E-state index >= 15 is 0 Å². The van der Waals surface area contributed by atoms with Gasteiger partial charge < -0.3 is 20.5 Å². The van der Waals surface area contributed by atoms with E-state index in [9.17, 15) is 27.6 Å². The zero-order chi connectivity index (χ0) is 25.8. The first-order valence-electron chi connectivity index (χ1n) is 11.2. The second-order valence-electron chi connectivity index (χ2n) is 8.64. The Bertz CT molecular complexity index is 1060. The Morgan fingerprint density at radius 3 is 2.06 bits per heavy atom. The van der Waals surface area contributed by atoms with Crippen molar-refractivity contribution >= 4 is 18.0 Å². The summed E-state index contributed by atoms with van der Waals surface area (Å²) in [6.07, 6.45) is -7.40. The molecule has 3 rings (SSSR count). The zero-order valence-electron chi connectivity index (χ0n) is 19.3. The fraction of sp³-hybridized carbons (Fsp3) is 0.400. The minimum atomic E-state index is -4.84. The summed E-state index contributed by atoms with van der Waals surface area (Å²) < 4.78 is 45.3. The van der Waals surface area contributed by atoms with E-state index in [1.54, 1.807) is 0 Å². The van der Waals surface area contributed by atoms with Crippen LogP contribution in [-0.2, 0) is 14.3 Å². The number of rotatable bonds is 9. The van der Waals surface area contributed by atoms with E-state index in [-0.39, 0.29) is 18.9 Å². The summed E-state index contributed by atoms with van der Waals surface area (Å²) >= 11 is 0. The molecule has 0 heterocycles. The monoisotopic (exact) mass is 492 g/mol. The van der Waals surface area contributed by atoms with E-state index in [4.69, 9.17) is 9.84 Å². The number of ether oxygens (including phenoxy) is 1. The molecule has 10 heteroatoms. The summed E-state index contributed by atoms with van der Waals surface area (Å²) in [6, 6.07) is 13.1. The van der Waals surface area contributed by atoms with Gasteiger partial charge in [0.15, 0.2) is 0 Å². The molecule has 0 saturated carbocycles. The van der Waals surface area contributed by atoms with Crippen LogP contribution in [0.4, 0.5) is 18.0 Å². The summed E-state index contributed by atoms with van der Waals surface area (Å²) in [6.45, 7) is 2.79. The maximum atomic E-state index is 13.3. The number of fused-ring (bicyclic) bond motifs is 3. The van der Waals surface area contributed by atoms with Gasteiger partial charge in [-0.2, -0.15) is 13.2 Å². The number of hydrogen-bond donors (Lipinski definition) is 3. The number of halogens is 3. The lowest BCUT2D eigenvalue weighted by Crippen LogP contribution is -2.60. The predicted molar refractivity (Wildman–Crippen MR) is 122 cm³/mol. The molecular formula is C25H27F3N2O5. The topological polar surface area (TPSA) is 105 Å². The molecule has 0 spiro atoms. The van der Waals surface area contributed by atoms with Crippen LogP contribution >= 0.6 is 0 Å². The highest BCUT2D eigenvalue weighted by atomic mass is 19.4. The van der Waals surface area contributed by atoms with Gasteiger partial charge in [-0.3, -0.25) is 9.59 Å². The third kappa shape index (κ3) is 5.93. The van der Waals surface area contributed by atoms with Crippen molar-refractivity contribution < 1.29 is 37.4 Å². The number of carboxylic acid groups (broad SMARTS) is 1. The molecule has 0 saturated heterocycles. The smallest absolute Gasteiger partial charge is 0.408 e. The molecule has 1 aliphatic carbocycles. The van der Waals surface area contributed by atoms with Gasteiger partial charge in [0.2, 0.25) is 5.91 Å². The summed E-state index contributed by atoms with van der Waals surface area (Å²) in [7, 11) is 0. The van der Waals surface area contributed by atoms with Gasteiger partial charge >= 0.3 is 18.2 Å². The number of nitrogens with one attached hydrogen (secondary N) is 2. The largest absolute Gasteiger partial charge is 0.481 e. The van der Waals surface area contributed by atoms with Crippen molar-refractivity contribution in [3.8, 4) is 11.1 Å². The van der Waals surface area contributed by atoms with E-state index in [2.05, 4.69) is 5.32 Å². The van der Waals surface area contributed by atoms with Crippen LogP contribution in [0.2, 0.25) is 0 Å². The van der Waals surface area contributed by atoms with Crippen LogP contribution < -0.4 is 10.6 Å². The van der Waals surface area contributed by atoms with Crippen molar-refractivity contribution in [2.45, 2.75) is 56.8 Å². The average Bonchev–Trinajstić information content (AvgIpc) is 3.13. The van der Waals surface area contributed by atoms with Crippen LogP contribution in [0, 0.1) is 0 Å². The minimum Gasteiger partial charge on any atom is -0.481 e. The van der Waals surface area contributed by atoms with E-state index in [1.165, 1.54) is 13.8 Å². The first-order valence-corrected chi connectivity index (χ1v) is 11.2. The molecule has 7 nitrogen and oxygen atoms in total. The molecule has 1 unspecified atom stereocenters. The first-order chi connectivity index (χ1) is 16.5. The van der Waals surface area contributed by atoms with Crippen LogP contribution in [0.5, 0.6) is 0 Å². The van der Waals surface area contributed by atoms with Gasteiger partial charge in [-0.1, -0.05) is 55.5 Å². The van der Waals surface area contributed by atoms with Gasteiger partial charge in [-0.15, -0.1) is 0 Å². The Kier molecular flexibility index (Phi) is 7.72. The lowest BCUT2D eigenvalue weighted by Gasteiger charge is -2.31. The second kappa shape index (κ2) is 10.4. The molecule has 2 amide bonds. The summed E-state index contributed by atoms with van der Waals surface area (Å²) in [5.41, 5.74) is 2.35. The standard InChI is InChI=1S/C25H27F3N2O5/c1-3-24(2,22(33)29-20(25(26,27)28)12-13-21(31)32)30-23(34)35-14-19-17-10-6-4-8-15(17)16-9-5-7-11-18(16)19/h4-11,19-20H,3,12-14H2,1-2H3,(H,29,33)(H,30,34)(H,31,32)/t20-,24?/m0/s1. The number of hydrogen-bond acceptors (Lipinski definition) is 4. The van der Waals surface area contributed by atoms with E-state index in [0.717, 1.165) is 22.3 Å². The number of aliphatic carboxylic acids is 1. The molecule has 35 heavy (non-hydrogen) atoms. The highest BCUT2D eigenvalue weighted by molar-refractivity contribution is 5.90. The number of carboxylic acids is 1. The maximum absolute atomic E-state index is 13.3. The van der Waals surface area contributed by atoms with Crippen molar-refractivity contribution in [3.05, 3.63) is 59.7 Å². The van der Waals surface area contributed by atoms with E-state index in [0.29, 0.717) is 0 Å². The van der Waals surface area contributed by atoms with Gasteiger partial charge in [0, 0.05) is 12.3 Å². The van der Waals surface area contributed by atoms with Gasteiger partial charge in [-0.05, 0) is 42.0 Å². The van der Waals surface area contributed by atoms with Crippen molar-refractivity contribution in [3.63, 3.8) is 0 Å². The van der Waals surface area contributed by atoms with Crippen LogP contribution in [0.1, 0.15) is 50.2 Å². The molecule has 2 aromatic rings. The van der Waals surface area contributed by atoms with Crippen LogP contribution in [0.25, 0.3) is 11.1 Å². The van der Waals surface area contributed by atoms with Crippen molar-refractivity contribution in [2.24, 2.45) is 0 Å². The molecule has 0 radical (unpaired) electrons. The van der Waals surface area contributed by atoms with Crippen molar-refractivity contribution in [1.82, 2.24) is 10.6 Å². The molecule has 3 N–H and O–H groups in total. The number of benzene rings is 2. The summed E-state index contributed by atoms with van der Waals surface area (Å²) in [5, 5.41) is 12.9. The lowest BCUT2D eigenvalue weighted by molar-refractivity contribution is -0.166. The Hall–Kier alpha value is -3.56. The Balaban J connectivity index is 1.67. The fourth-order valence-electron chi connectivity index (χ4n) is 4.07. The van der Waals surface area contributed by atoms with Gasteiger partial charge in [0.05, 0.1) is 0 Å². The minimum absolute atomic E-state index is 0.0213. The number of amides is 2. The van der Waals surface area contributed by atoms with Crippen LogP contribution in [0.3, 0.4) is 0 Å². The average molecular weight is 492 g/mol. The van der Waals surface area contributed by atoms with Crippen molar-refractivity contribution in [1.29, 1.82) is 0 Å². The number of alkyl carbamates (subject to hydrolysis) is 1. The normalized spacial score (nSPS) is 15.3. The van der Waals surface area contributed by atoms with Crippen molar-refractivity contribution in [2.75, 3.05) is 6.61 Å². The number of carbonyl (C=O) groups is 3. The molecule has 0 bridgehead atoms. The second-order valence-corrected chi connectivity index (χ2v) is 8.64. The van der Waals surface area contributed by atoms with Crippen LogP contribution in [0.15, 0.2) is 48.5 Å². The highest BCUT2D eigenvalue weighted by Gasteiger charge is 2.44. The summed E-state index contributed by atoms with van der Waals surface area (Å²) in [5.74, 6) is -2.72. The fourth-order valence-corrected chi connectivity index (χ4v) is 4.07. The van der Waals surface area contributed by atoms with Gasteiger partial charge in [0.1, 0.15) is 18.2 Å². The van der Waals surface area contributed by atoms with E-state index in [1.807, 2.05) is 53.8 Å². The Morgan fingerprint density at radius 2 is 1.57 bits per heavy atom. The molecule has 0 fully saturated rings. The molecule has 0 aliphatic heterocycles. The SMILES string of the molecule is CCC(C)(NC(=O)OCC1c2ccccc2-c2ccccc21)C(=O)N[C@@H](CCC(=O)O)C(F)(F)F. The quantitative estimate of drug-likeness (QED) is 0.474. The number of carbonyl (C=O) groups excluding carboxylic acids is 2. The zero-order valence-corrected chi connectivity index (χ0v) is 19.3. The maximum Gasteiger partial charge on any atom is 0.408 e. The Morgan fingerprint density at radius 1 is 1.03 bits per heavy atom. The first kappa shape index (κ1) is 26.1. The highest BCUT2D eigenvalue weighted by Crippen LogP contribution is 2.44. The molecular weight excluding hydrogens is 465 g/mol. The molecule has 2 atom stereocenters. The molecule has 188 valence electrons. The third-order valence-electron chi connectivity index (χ3n) is 6.28. The molecule has 0 aromatic heterocycles. The van der Waals surface area contributed by atoms with E-state index < -0.39 is 48.6 Å². The van der Waals surface area contributed by atoms with Gasteiger partial charge in [-0.25, -0.2) is 4.79 Å². The molecule has 2 aromatic carbocycles. The number of alkyl halides is 3. The Labute approximate surface area is 200 Å². The molecule has 1 aliphatic rings. The third-order valence-corrected chi connectivity index (χ3v) is 6.28. The summed E-state index contributed by atoms with van der Waals surface area (Å²) in [4.78, 5) is 36.0. The lowest BCUT2D eigenvalue weighted by atomic mass is 9.96.